The molecule has 7 nitrogen and oxygen atoms in total. The molecule has 19 heavy (non-hydrogen) atoms. The van der Waals surface area contributed by atoms with Gasteiger partial charge in [0.1, 0.15) is 6.04 Å². The fourth-order valence-electron chi connectivity index (χ4n) is 1.30. The van der Waals surface area contributed by atoms with Gasteiger partial charge in [-0.25, -0.2) is 4.79 Å². The van der Waals surface area contributed by atoms with E-state index < -0.39 is 30.3 Å². The van der Waals surface area contributed by atoms with Crippen molar-refractivity contribution in [1.82, 2.24) is 10.3 Å². The van der Waals surface area contributed by atoms with E-state index in [1.807, 2.05) is 0 Å². The average Bonchev–Trinajstić information content (AvgIpc) is 2.26. The molecule has 0 spiro atoms. The van der Waals surface area contributed by atoms with Crippen LogP contribution in [0.3, 0.4) is 0 Å². The van der Waals surface area contributed by atoms with Gasteiger partial charge in [0.15, 0.2) is 0 Å². The fraction of sp³-hybridized carbons (Fsp3) is 0.273. The van der Waals surface area contributed by atoms with E-state index in [2.05, 4.69) is 10.3 Å². The largest absolute Gasteiger partial charge is 0.481 e. The summed E-state index contributed by atoms with van der Waals surface area (Å²) in [5.41, 5.74) is 0.589. The zero-order valence-corrected chi connectivity index (χ0v) is 10.6. The summed E-state index contributed by atoms with van der Waals surface area (Å²) >= 11 is 5.83. The predicted octanol–water partition coefficient (Wildman–Crippen LogP) is 0.701. The highest BCUT2D eigenvalue weighted by molar-refractivity contribution is 6.33. The van der Waals surface area contributed by atoms with Crippen LogP contribution >= 0.6 is 11.6 Å². The van der Waals surface area contributed by atoms with Crippen LogP contribution < -0.4 is 5.32 Å². The number of nitrogens with zero attached hydrogens (tertiary/aromatic N) is 1. The molecule has 102 valence electrons. The van der Waals surface area contributed by atoms with Gasteiger partial charge in [0.2, 0.25) is 0 Å². The minimum Gasteiger partial charge on any atom is -0.481 e. The highest BCUT2D eigenvalue weighted by Gasteiger charge is 2.24. The van der Waals surface area contributed by atoms with Crippen LogP contribution in [-0.4, -0.2) is 39.1 Å². The molecule has 3 N–H and O–H groups in total. The van der Waals surface area contributed by atoms with Gasteiger partial charge in [-0.3, -0.25) is 14.6 Å². The van der Waals surface area contributed by atoms with Crippen LogP contribution in [0.4, 0.5) is 0 Å². The second-order valence-corrected chi connectivity index (χ2v) is 4.17. The average molecular weight is 287 g/mol. The Kier molecular flexibility index (Phi) is 4.82. The summed E-state index contributed by atoms with van der Waals surface area (Å²) in [5.74, 6) is -3.56. The van der Waals surface area contributed by atoms with Crippen LogP contribution in [0.2, 0.25) is 5.02 Å². The van der Waals surface area contributed by atoms with E-state index in [1.54, 1.807) is 6.92 Å². The van der Waals surface area contributed by atoms with Crippen molar-refractivity contribution < 1.29 is 24.6 Å². The molecule has 0 aliphatic rings. The lowest BCUT2D eigenvalue weighted by molar-refractivity contribution is -0.145. The summed E-state index contributed by atoms with van der Waals surface area (Å²) in [4.78, 5) is 37.0. The van der Waals surface area contributed by atoms with Gasteiger partial charge in [0, 0.05) is 11.9 Å². The number of hydrogen-bond acceptors (Lipinski definition) is 4. The third kappa shape index (κ3) is 4.22. The SMILES string of the molecule is Cc1cc(Cl)c(C(=O)N[C@H](CC(=O)O)C(=O)O)cn1. The molecule has 1 aromatic heterocycles. The van der Waals surface area contributed by atoms with E-state index in [0.29, 0.717) is 5.69 Å². The first-order chi connectivity index (χ1) is 8.81. The monoisotopic (exact) mass is 286 g/mol. The van der Waals surface area contributed by atoms with Crippen molar-refractivity contribution >= 4 is 29.4 Å². The molecule has 1 amide bonds. The highest BCUT2D eigenvalue weighted by Crippen LogP contribution is 2.15. The number of aromatic nitrogens is 1. The van der Waals surface area contributed by atoms with Crippen LogP contribution in [0.1, 0.15) is 22.5 Å². The number of carboxylic acids is 2. The molecule has 1 rings (SSSR count). The lowest BCUT2D eigenvalue weighted by Crippen LogP contribution is -2.42. The maximum absolute atomic E-state index is 11.8. The first kappa shape index (κ1) is 14.9. The summed E-state index contributed by atoms with van der Waals surface area (Å²) in [6.45, 7) is 1.68. The van der Waals surface area contributed by atoms with Crippen molar-refractivity contribution in [3.8, 4) is 0 Å². The summed E-state index contributed by atoms with van der Waals surface area (Å²) in [6, 6.07) is -0.0777. The van der Waals surface area contributed by atoms with Crippen LogP contribution in [0, 0.1) is 6.92 Å². The molecule has 0 unspecified atom stereocenters. The van der Waals surface area contributed by atoms with E-state index in [0.717, 1.165) is 0 Å². The first-order valence-corrected chi connectivity index (χ1v) is 5.56. The number of amides is 1. The zero-order valence-electron chi connectivity index (χ0n) is 9.88. The number of carbonyl (C=O) groups excluding carboxylic acids is 1. The molecule has 0 radical (unpaired) electrons. The Morgan fingerprint density at radius 3 is 2.53 bits per heavy atom. The van der Waals surface area contributed by atoms with Crippen molar-refractivity contribution in [1.29, 1.82) is 0 Å². The Bertz CT molecular complexity index is 532. The predicted molar refractivity (Wildman–Crippen MR) is 65.1 cm³/mol. The molecule has 0 saturated carbocycles. The Morgan fingerprint density at radius 2 is 2.05 bits per heavy atom. The topological polar surface area (TPSA) is 117 Å². The number of carboxylic acid groups (broad SMARTS) is 2. The van der Waals surface area contributed by atoms with Crippen LogP contribution in [-0.2, 0) is 9.59 Å². The van der Waals surface area contributed by atoms with Crippen molar-refractivity contribution in [3.63, 3.8) is 0 Å². The second-order valence-electron chi connectivity index (χ2n) is 3.77. The Morgan fingerprint density at radius 1 is 1.42 bits per heavy atom. The number of rotatable bonds is 5. The summed E-state index contributed by atoms with van der Waals surface area (Å²) in [6.07, 6.45) is 0.477. The molecule has 1 aromatic rings. The van der Waals surface area contributed by atoms with Gasteiger partial charge < -0.3 is 15.5 Å². The number of nitrogens with one attached hydrogen (secondary N) is 1. The van der Waals surface area contributed by atoms with E-state index in [1.165, 1.54) is 12.3 Å². The van der Waals surface area contributed by atoms with Crippen molar-refractivity contribution in [2.45, 2.75) is 19.4 Å². The number of aryl methyl sites for hydroxylation is 1. The van der Waals surface area contributed by atoms with Gasteiger partial charge >= 0.3 is 11.9 Å². The van der Waals surface area contributed by atoms with Crippen LogP contribution in [0.5, 0.6) is 0 Å². The molecule has 1 heterocycles. The van der Waals surface area contributed by atoms with E-state index >= 15 is 0 Å². The Hall–Kier alpha value is -2.15. The normalized spacial score (nSPS) is 11.7. The molecule has 8 heteroatoms. The third-order valence-corrected chi connectivity index (χ3v) is 2.53. The zero-order chi connectivity index (χ0) is 14.6. The van der Waals surface area contributed by atoms with Gasteiger partial charge in [-0.2, -0.15) is 0 Å². The minimum absolute atomic E-state index is 0.0103. The van der Waals surface area contributed by atoms with E-state index in [9.17, 15) is 14.4 Å². The first-order valence-electron chi connectivity index (χ1n) is 5.19. The van der Waals surface area contributed by atoms with Crippen molar-refractivity contribution in [3.05, 3.63) is 28.5 Å². The number of hydrogen-bond donors (Lipinski definition) is 3. The van der Waals surface area contributed by atoms with Crippen LogP contribution in [0.15, 0.2) is 12.3 Å². The minimum atomic E-state index is -1.53. The fourth-order valence-corrected chi connectivity index (χ4v) is 1.60. The summed E-state index contributed by atoms with van der Waals surface area (Å²) < 4.78 is 0. The highest BCUT2D eigenvalue weighted by atomic mass is 35.5. The van der Waals surface area contributed by atoms with Crippen molar-refractivity contribution in [2.75, 3.05) is 0 Å². The third-order valence-electron chi connectivity index (χ3n) is 2.22. The maximum atomic E-state index is 11.8. The molecular formula is C11H11ClN2O5. The second kappa shape index (κ2) is 6.14. The molecule has 0 fully saturated rings. The van der Waals surface area contributed by atoms with Crippen molar-refractivity contribution in [2.24, 2.45) is 0 Å². The summed E-state index contributed by atoms with van der Waals surface area (Å²) in [5, 5.41) is 19.6. The molecule has 0 aliphatic carbocycles. The number of pyridine rings is 1. The lowest BCUT2D eigenvalue weighted by atomic mass is 10.2. The number of aliphatic carboxylic acids is 2. The molecular weight excluding hydrogens is 276 g/mol. The standard InChI is InChI=1S/C11H11ClN2O5/c1-5-2-7(12)6(4-13-5)10(17)14-8(11(18)19)3-9(15)16/h2,4,8H,3H2,1H3,(H,14,17)(H,15,16)(H,18,19)/t8-/m1/s1. The Balaban J connectivity index is 2.87. The van der Waals surface area contributed by atoms with E-state index in [4.69, 9.17) is 21.8 Å². The van der Waals surface area contributed by atoms with Gasteiger partial charge in [-0.15, -0.1) is 0 Å². The van der Waals surface area contributed by atoms with Gasteiger partial charge in [-0.05, 0) is 13.0 Å². The van der Waals surface area contributed by atoms with Gasteiger partial charge in [-0.1, -0.05) is 11.6 Å². The molecule has 0 aromatic carbocycles. The van der Waals surface area contributed by atoms with Crippen LogP contribution in [0.25, 0.3) is 0 Å². The molecule has 0 bridgehead atoms. The molecule has 1 atom stereocenters. The quantitative estimate of drug-likeness (QED) is 0.733. The smallest absolute Gasteiger partial charge is 0.326 e. The molecule has 0 saturated heterocycles. The number of carbonyl (C=O) groups is 3. The Labute approximate surface area is 113 Å². The van der Waals surface area contributed by atoms with Gasteiger partial charge in [0.05, 0.1) is 17.0 Å². The maximum Gasteiger partial charge on any atom is 0.326 e. The lowest BCUT2D eigenvalue weighted by Gasteiger charge is -2.13. The van der Waals surface area contributed by atoms with Gasteiger partial charge in [0.25, 0.3) is 5.91 Å². The summed E-state index contributed by atoms with van der Waals surface area (Å²) in [7, 11) is 0. The molecule has 0 aliphatic heterocycles. The van der Waals surface area contributed by atoms with E-state index in [-0.39, 0.29) is 10.6 Å². The number of halogens is 1.